The van der Waals surface area contributed by atoms with Gasteiger partial charge in [0.2, 0.25) is 0 Å². The lowest BCUT2D eigenvalue weighted by molar-refractivity contribution is 0.102. The molecule has 216 valence electrons. The molecule has 4 aromatic rings. The molecule has 2 fully saturated rings. The van der Waals surface area contributed by atoms with E-state index in [0.717, 1.165) is 31.6 Å². The zero-order valence-corrected chi connectivity index (χ0v) is 24.4. The summed E-state index contributed by atoms with van der Waals surface area (Å²) in [5.41, 5.74) is 3.75. The summed E-state index contributed by atoms with van der Waals surface area (Å²) in [5.74, 6) is 0.802. The van der Waals surface area contributed by atoms with E-state index in [1.807, 2.05) is 18.2 Å². The first-order valence-corrected chi connectivity index (χ1v) is 15.3. The molecule has 4 aromatic heterocycles. The van der Waals surface area contributed by atoms with Crippen molar-refractivity contribution in [2.45, 2.75) is 56.8 Å². The van der Waals surface area contributed by atoms with Crippen LogP contribution in [-0.2, 0) is 0 Å². The molecule has 42 heavy (non-hydrogen) atoms. The van der Waals surface area contributed by atoms with E-state index >= 15 is 0 Å². The van der Waals surface area contributed by atoms with Gasteiger partial charge in [0, 0.05) is 22.1 Å². The van der Waals surface area contributed by atoms with Gasteiger partial charge in [-0.15, -0.1) is 16.4 Å². The van der Waals surface area contributed by atoms with Crippen molar-refractivity contribution in [2.24, 2.45) is 0 Å². The van der Waals surface area contributed by atoms with Gasteiger partial charge in [-0.05, 0) is 113 Å². The van der Waals surface area contributed by atoms with E-state index in [1.165, 1.54) is 53.2 Å². The first kappa shape index (κ1) is 26.9. The number of aromatic amines is 1. The zero-order chi connectivity index (χ0) is 29.0. The summed E-state index contributed by atoms with van der Waals surface area (Å²) in [7, 11) is 2.12. The largest absolute Gasteiger partial charge is 0.334 e. The summed E-state index contributed by atoms with van der Waals surface area (Å²) < 4.78 is 14.8. The highest BCUT2D eigenvalue weighted by molar-refractivity contribution is 7.14. The fourth-order valence-corrected chi connectivity index (χ4v) is 7.86. The number of nitrogens with zero attached hydrogens (tertiary/aromatic N) is 4. The number of amides is 1. The Morgan fingerprint density at radius 2 is 1.86 bits per heavy atom. The number of anilines is 3. The third-order valence-corrected chi connectivity index (χ3v) is 10.2. The minimum absolute atomic E-state index is 0.149. The molecule has 2 atom stereocenters. The quantitative estimate of drug-likeness (QED) is 0.258. The van der Waals surface area contributed by atoms with E-state index in [9.17, 15) is 14.0 Å². The Bertz CT molecular complexity index is 1700. The smallest absolute Gasteiger partial charge is 0.271 e. The van der Waals surface area contributed by atoms with Crippen LogP contribution < -0.4 is 16.2 Å². The maximum Gasteiger partial charge on any atom is 0.271 e. The molecule has 7 rings (SSSR count). The summed E-state index contributed by atoms with van der Waals surface area (Å²) in [5, 5.41) is 14.5. The SMILES string of the molecule is Cc1[nH]c(=O)c(Nc2ccc(C3CCN(C)CC3)nn2)cc1-c1ccc(F)c(NC(=O)c2cc3c(s2)C2CCC3C2)n1. The first-order chi connectivity index (χ1) is 20.3. The van der Waals surface area contributed by atoms with E-state index < -0.39 is 5.82 Å². The van der Waals surface area contributed by atoms with Crippen LogP contribution in [0.3, 0.4) is 0 Å². The Morgan fingerprint density at radius 1 is 1.05 bits per heavy atom. The van der Waals surface area contributed by atoms with Crippen LogP contribution in [0.4, 0.5) is 21.7 Å². The number of piperidine rings is 1. The number of hydrogen-bond acceptors (Lipinski definition) is 8. The lowest BCUT2D eigenvalue weighted by Gasteiger charge is -2.28. The molecule has 0 aromatic carbocycles. The molecular weight excluding hydrogens is 553 g/mol. The van der Waals surface area contributed by atoms with Gasteiger partial charge in [0.25, 0.3) is 11.5 Å². The molecule has 2 aliphatic carbocycles. The van der Waals surface area contributed by atoms with Crippen LogP contribution in [0.15, 0.2) is 41.2 Å². The summed E-state index contributed by atoms with van der Waals surface area (Å²) in [6, 6.07) is 10.2. The molecule has 5 heterocycles. The minimum atomic E-state index is -0.628. The number of thiophene rings is 1. The molecule has 0 radical (unpaired) electrons. The molecule has 3 N–H and O–H groups in total. The van der Waals surface area contributed by atoms with Crippen molar-refractivity contribution >= 4 is 34.6 Å². The number of hydrogen-bond donors (Lipinski definition) is 3. The third kappa shape index (κ3) is 5.00. The fourth-order valence-electron chi connectivity index (χ4n) is 6.57. The van der Waals surface area contributed by atoms with E-state index in [4.69, 9.17) is 0 Å². The van der Waals surface area contributed by atoms with Gasteiger partial charge in [0.1, 0.15) is 5.69 Å². The van der Waals surface area contributed by atoms with Crippen molar-refractivity contribution in [3.63, 3.8) is 0 Å². The molecule has 1 saturated heterocycles. The van der Waals surface area contributed by atoms with Gasteiger partial charge >= 0.3 is 0 Å². The molecule has 11 heteroatoms. The predicted molar refractivity (Wildman–Crippen MR) is 161 cm³/mol. The molecule has 3 aliphatic rings. The molecule has 2 bridgehead atoms. The zero-order valence-electron chi connectivity index (χ0n) is 23.5. The maximum absolute atomic E-state index is 14.8. The highest BCUT2D eigenvalue weighted by atomic mass is 32.1. The second kappa shape index (κ2) is 10.7. The Labute approximate surface area is 246 Å². The number of likely N-dealkylation sites (tertiary alicyclic amines) is 1. The van der Waals surface area contributed by atoms with Crippen molar-refractivity contribution in [3.05, 3.63) is 79.3 Å². The van der Waals surface area contributed by atoms with Gasteiger partial charge in [-0.2, -0.15) is 5.10 Å². The van der Waals surface area contributed by atoms with Gasteiger partial charge in [-0.1, -0.05) is 0 Å². The van der Waals surface area contributed by atoms with Crippen molar-refractivity contribution in [1.82, 2.24) is 25.1 Å². The number of aryl methyl sites for hydroxylation is 1. The van der Waals surface area contributed by atoms with Crippen molar-refractivity contribution in [2.75, 3.05) is 30.8 Å². The lowest BCUT2D eigenvalue weighted by Crippen LogP contribution is -2.29. The topological polar surface area (TPSA) is 116 Å². The second-order valence-electron chi connectivity index (χ2n) is 11.7. The van der Waals surface area contributed by atoms with Crippen molar-refractivity contribution in [1.29, 1.82) is 0 Å². The Morgan fingerprint density at radius 3 is 2.62 bits per heavy atom. The van der Waals surface area contributed by atoms with Gasteiger partial charge in [0.05, 0.1) is 16.3 Å². The standard InChI is InChI=1S/C31H32FN7O2S/c1-16-20(14-25(30(40)33-16)34-27-8-7-23(37-38-27)17-9-11-39(2)12-10-17)24-6-5-22(32)29(35-24)36-31(41)26-15-21-18-3-4-19(13-18)28(21)42-26/h5-8,14-15,17-19H,3-4,9-13H2,1-2H3,(H,33,40)(H,34,38)(H,35,36,41). The first-order valence-electron chi connectivity index (χ1n) is 14.5. The number of H-pyrrole nitrogens is 1. The maximum atomic E-state index is 14.8. The monoisotopic (exact) mass is 585 g/mol. The molecular formula is C31H32FN7O2S. The fraction of sp³-hybridized carbons (Fsp3) is 0.387. The van der Waals surface area contributed by atoms with Crippen LogP contribution >= 0.6 is 11.3 Å². The van der Waals surface area contributed by atoms with E-state index in [0.29, 0.717) is 45.4 Å². The van der Waals surface area contributed by atoms with Gasteiger partial charge in [-0.25, -0.2) is 9.37 Å². The van der Waals surface area contributed by atoms with Crippen molar-refractivity contribution < 1.29 is 9.18 Å². The molecule has 0 spiro atoms. The number of halogens is 1. The predicted octanol–water partition coefficient (Wildman–Crippen LogP) is 5.91. The summed E-state index contributed by atoms with van der Waals surface area (Å²) in [6.07, 6.45) is 5.64. The Kier molecular flexibility index (Phi) is 6.86. The van der Waals surface area contributed by atoms with Crippen LogP contribution in [0.1, 0.15) is 81.4 Å². The van der Waals surface area contributed by atoms with Crippen LogP contribution in [0.2, 0.25) is 0 Å². The average Bonchev–Trinajstić information content (AvgIpc) is 3.71. The molecule has 1 amide bonds. The van der Waals surface area contributed by atoms with Gasteiger partial charge in [0.15, 0.2) is 17.5 Å². The Balaban J connectivity index is 1.10. The van der Waals surface area contributed by atoms with Crippen LogP contribution in [0.5, 0.6) is 0 Å². The highest BCUT2D eigenvalue weighted by Gasteiger charge is 2.39. The summed E-state index contributed by atoms with van der Waals surface area (Å²) in [4.78, 5) is 37.4. The third-order valence-electron chi connectivity index (χ3n) is 8.94. The minimum Gasteiger partial charge on any atom is -0.334 e. The number of carbonyl (C=O) groups is 1. The van der Waals surface area contributed by atoms with Crippen LogP contribution in [0.25, 0.3) is 11.3 Å². The molecule has 2 unspecified atom stereocenters. The van der Waals surface area contributed by atoms with Gasteiger partial charge in [-0.3, -0.25) is 9.59 Å². The number of nitrogens with one attached hydrogen (secondary N) is 3. The normalized spacial score (nSPS) is 20.1. The number of fused-ring (bicyclic) bond motifs is 5. The summed E-state index contributed by atoms with van der Waals surface area (Å²) in [6.45, 7) is 3.82. The van der Waals surface area contributed by atoms with Crippen LogP contribution in [-0.4, -0.2) is 51.1 Å². The van der Waals surface area contributed by atoms with Gasteiger partial charge < -0.3 is 20.5 Å². The highest BCUT2D eigenvalue weighted by Crippen LogP contribution is 2.55. The van der Waals surface area contributed by atoms with E-state index in [-0.39, 0.29) is 23.0 Å². The van der Waals surface area contributed by atoms with Crippen molar-refractivity contribution in [3.8, 4) is 11.3 Å². The number of aromatic nitrogens is 4. The second-order valence-corrected chi connectivity index (χ2v) is 12.8. The van der Waals surface area contributed by atoms with E-state index in [1.54, 1.807) is 13.0 Å². The molecule has 1 aliphatic heterocycles. The molecule has 1 saturated carbocycles. The lowest BCUT2D eigenvalue weighted by atomic mass is 9.94. The van der Waals surface area contributed by atoms with E-state index in [2.05, 4.69) is 42.7 Å². The Hall–Kier alpha value is -3.96. The molecule has 9 nitrogen and oxygen atoms in total. The number of pyridine rings is 2. The van der Waals surface area contributed by atoms with Crippen LogP contribution in [0, 0.1) is 12.7 Å². The number of carbonyl (C=O) groups excluding carboxylic acids is 1. The number of rotatable bonds is 6. The summed E-state index contributed by atoms with van der Waals surface area (Å²) >= 11 is 1.51. The average molecular weight is 586 g/mol.